The van der Waals surface area contributed by atoms with Gasteiger partial charge < -0.3 is 19.5 Å². The van der Waals surface area contributed by atoms with Gasteiger partial charge in [0.25, 0.3) is 0 Å². The van der Waals surface area contributed by atoms with E-state index in [1.54, 1.807) is 7.11 Å². The van der Waals surface area contributed by atoms with Crippen LogP contribution in [0.3, 0.4) is 0 Å². The molecule has 1 saturated heterocycles. The highest BCUT2D eigenvalue weighted by Gasteiger charge is 2.41. The molecule has 2 atom stereocenters. The van der Waals surface area contributed by atoms with Crippen LogP contribution in [0.1, 0.15) is 59.2 Å². The second-order valence-corrected chi connectivity index (χ2v) is 9.15. The molecular formula is C27H34N4OS. The van der Waals surface area contributed by atoms with Gasteiger partial charge in [-0.3, -0.25) is 4.98 Å². The molecule has 1 aliphatic heterocycles. The molecule has 1 aliphatic rings. The maximum Gasteiger partial charge on any atom is 0.170 e. The van der Waals surface area contributed by atoms with Crippen molar-refractivity contribution in [2.75, 3.05) is 20.3 Å². The Labute approximate surface area is 202 Å². The Morgan fingerprint density at radius 1 is 1.12 bits per heavy atom. The van der Waals surface area contributed by atoms with Crippen LogP contribution in [0.5, 0.6) is 0 Å². The van der Waals surface area contributed by atoms with Crippen molar-refractivity contribution in [3.05, 3.63) is 82.4 Å². The molecule has 2 aromatic heterocycles. The first-order valence-corrected chi connectivity index (χ1v) is 12.1. The average Bonchev–Trinajstić information content (AvgIpc) is 3.29. The van der Waals surface area contributed by atoms with Crippen molar-refractivity contribution in [3.63, 3.8) is 0 Å². The second-order valence-electron chi connectivity index (χ2n) is 8.76. The summed E-state index contributed by atoms with van der Waals surface area (Å²) in [7, 11) is 1.75. The van der Waals surface area contributed by atoms with Gasteiger partial charge in [-0.25, -0.2) is 0 Å². The standard InChI is InChI=1S/C27H34N4OS/c1-6-21-12-9-11-18(2)25(21)31-19(3)17-22(20(31)4)26-24(23-13-7-8-14-28-23)29-27(33)30(26)15-10-16-32-5/h7-9,11-14,17,24,26H,6,10,15-16H2,1-5H3,(H,29,33)/t24-,26-/m1/s1. The van der Waals surface area contributed by atoms with Gasteiger partial charge in [0.05, 0.1) is 23.5 Å². The van der Waals surface area contributed by atoms with Crippen molar-refractivity contribution < 1.29 is 4.74 Å². The van der Waals surface area contributed by atoms with E-state index in [-0.39, 0.29) is 12.1 Å². The fourth-order valence-corrected chi connectivity index (χ4v) is 5.45. The van der Waals surface area contributed by atoms with Crippen LogP contribution in [0, 0.1) is 20.8 Å². The number of pyridine rings is 1. The molecular weight excluding hydrogens is 428 g/mol. The third kappa shape index (κ3) is 4.42. The minimum atomic E-state index is -0.00212. The molecule has 1 aromatic carbocycles. The van der Waals surface area contributed by atoms with Crippen molar-refractivity contribution in [1.82, 2.24) is 19.8 Å². The molecule has 33 heavy (non-hydrogen) atoms. The molecule has 0 saturated carbocycles. The number of para-hydroxylation sites is 1. The number of ether oxygens (including phenoxy) is 1. The number of thiocarbonyl (C=S) groups is 1. The zero-order valence-electron chi connectivity index (χ0n) is 20.3. The van der Waals surface area contributed by atoms with E-state index >= 15 is 0 Å². The highest BCUT2D eigenvalue weighted by atomic mass is 32.1. The van der Waals surface area contributed by atoms with Gasteiger partial charge in [0, 0.05) is 37.8 Å². The van der Waals surface area contributed by atoms with Crippen LogP contribution in [0.25, 0.3) is 5.69 Å². The van der Waals surface area contributed by atoms with Crippen molar-refractivity contribution in [3.8, 4) is 5.69 Å². The molecule has 0 bridgehead atoms. The Morgan fingerprint density at radius 2 is 1.94 bits per heavy atom. The van der Waals surface area contributed by atoms with E-state index < -0.39 is 0 Å². The molecule has 4 rings (SSSR count). The molecule has 5 nitrogen and oxygen atoms in total. The highest BCUT2D eigenvalue weighted by Crippen LogP contribution is 2.41. The van der Waals surface area contributed by atoms with Crippen molar-refractivity contribution >= 4 is 17.3 Å². The first-order chi connectivity index (χ1) is 16.0. The summed E-state index contributed by atoms with van der Waals surface area (Å²) in [6, 6.07) is 15.1. The molecule has 0 spiro atoms. The Balaban J connectivity index is 1.84. The summed E-state index contributed by atoms with van der Waals surface area (Å²) in [5, 5.41) is 4.35. The topological polar surface area (TPSA) is 42.3 Å². The molecule has 174 valence electrons. The molecule has 0 aliphatic carbocycles. The summed E-state index contributed by atoms with van der Waals surface area (Å²) < 4.78 is 7.75. The number of nitrogens with one attached hydrogen (secondary N) is 1. The zero-order chi connectivity index (χ0) is 23.5. The monoisotopic (exact) mass is 462 g/mol. The van der Waals surface area contributed by atoms with E-state index in [1.165, 1.54) is 33.8 Å². The number of nitrogens with zero attached hydrogens (tertiary/aromatic N) is 3. The quantitative estimate of drug-likeness (QED) is 0.360. The lowest BCUT2D eigenvalue weighted by molar-refractivity contribution is 0.180. The van der Waals surface area contributed by atoms with Crippen LogP contribution >= 0.6 is 12.2 Å². The minimum Gasteiger partial charge on any atom is -0.385 e. The van der Waals surface area contributed by atoms with E-state index in [0.717, 1.165) is 30.2 Å². The van der Waals surface area contributed by atoms with Gasteiger partial charge in [0.1, 0.15) is 0 Å². The van der Waals surface area contributed by atoms with E-state index in [2.05, 4.69) is 77.8 Å². The van der Waals surface area contributed by atoms with Gasteiger partial charge in [0.15, 0.2) is 5.11 Å². The summed E-state index contributed by atoms with van der Waals surface area (Å²) in [6.07, 6.45) is 3.77. The number of methoxy groups -OCH3 is 1. The number of aryl methyl sites for hydroxylation is 3. The number of hydrogen-bond acceptors (Lipinski definition) is 3. The Bertz CT molecular complexity index is 1120. The number of aromatic nitrogens is 2. The zero-order valence-corrected chi connectivity index (χ0v) is 21.1. The summed E-state index contributed by atoms with van der Waals surface area (Å²) in [6.45, 7) is 10.4. The molecule has 3 heterocycles. The summed E-state index contributed by atoms with van der Waals surface area (Å²) >= 11 is 5.82. The van der Waals surface area contributed by atoms with E-state index in [9.17, 15) is 0 Å². The summed E-state index contributed by atoms with van der Waals surface area (Å²) in [5.41, 5.74) is 8.75. The fraction of sp³-hybridized carbons (Fsp3) is 0.407. The number of hydrogen-bond donors (Lipinski definition) is 1. The van der Waals surface area contributed by atoms with Gasteiger partial charge in [-0.15, -0.1) is 0 Å². The first kappa shape index (κ1) is 23.5. The Hall–Kier alpha value is -2.70. The van der Waals surface area contributed by atoms with Crippen LogP contribution in [0.2, 0.25) is 0 Å². The lowest BCUT2D eigenvalue weighted by atomic mass is 9.96. The Kier molecular flexibility index (Phi) is 7.15. The SMILES string of the molecule is CCc1cccc(C)c1-n1c(C)cc([C@@H]2[C@@H](c3ccccn3)NC(=S)N2CCCOC)c1C. The maximum absolute atomic E-state index is 5.82. The van der Waals surface area contributed by atoms with Crippen LogP contribution in [0.4, 0.5) is 0 Å². The largest absolute Gasteiger partial charge is 0.385 e. The molecule has 0 unspecified atom stereocenters. The first-order valence-electron chi connectivity index (χ1n) is 11.7. The normalized spacial score (nSPS) is 18.1. The summed E-state index contributed by atoms with van der Waals surface area (Å²) in [4.78, 5) is 7.00. The van der Waals surface area contributed by atoms with Gasteiger partial charge in [0.2, 0.25) is 0 Å². The van der Waals surface area contributed by atoms with Crippen LogP contribution in [-0.4, -0.2) is 39.8 Å². The number of benzene rings is 1. The predicted molar refractivity (Wildman–Crippen MR) is 138 cm³/mol. The van der Waals surface area contributed by atoms with E-state index in [4.69, 9.17) is 17.0 Å². The molecule has 6 heteroatoms. The van der Waals surface area contributed by atoms with Crippen molar-refractivity contribution in [2.24, 2.45) is 0 Å². The third-order valence-corrected chi connectivity index (χ3v) is 7.01. The van der Waals surface area contributed by atoms with Crippen LogP contribution in [-0.2, 0) is 11.2 Å². The average molecular weight is 463 g/mol. The van der Waals surface area contributed by atoms with Crippen molar-refractivity contribution in [2.45, 2.75) is 52.6 Å². The smallest absolute Gasteiger partial charge is 0.170 e. The predicted octanol–water partition coefficient (Wildman–Crippen LogP) is 5.37. The molecule has 1 fully saturated rings. The molecule has 1 N–H and O–H groups in total. The van der Waals surface area contributed by atoms with Gasteiger partial charge in [-0.1, -0.05) is 31.2 Å². The van der Waals surface area contributed by atoms with Crippen LogP contribution < -0.4 is 5.32 Å². The molecule has 0 radical (unpaired) electrons. The Morgan fingerprint density at radius 3 is 2.64 bits per heavy atom. The molecule has 0 amide bonds. The van der Waals surface area contributed by atoms with Crippen LogP contribution in [0.15, 0.2) is 48.7 Å². The summed E-state index contributed by atoms with van der Waals surface area (Å²) in [5.74, 6) is 0. The fourth-order valence-electron chi connectivity index (χ4n) is 5.12. The van der Waals surface area contributed by atoms with Crippen molar-refractivity contribution in [1.29, 1.82) is 0 Å². The minimum absolute atomic E-state index is 0.00212. The van der Waals surface area contributed by atoms with E-state index in [1.807, 2.05) is 18.3 Å². The highest BCUT2D eigenvalue weighted by molar-refractivity contribution is 7.80. The molecule has 3 aromatic rings. The van der Waals surface area contributed by atoms with Gasteiger partial charge >= 0.3 is 0 Å². The van der Waals surface area contributed by atoms with E-state index in [0.29, 0.717) is 6.61 Å². The van der Waals surface area contributed by atoms with Gasteiger partial charge in [-0.2, -0.15) is 0 Å². The lowest BCUT2D eigenvalue weighted by Gasteiger charge is -2.28. The second kappa shape index (κ2) is 10.1. The van der Waals surface area contributed by atoms with Gasteiger partial charge in [-0.05, 0) is 80.7 Å². The number of rotatable bonds is 8. The maximum atomic E-state index is 5.82. The lowest BCUT2D eigenvalue weighted by Crippen LogP contribution is -2.31. The third-order valence-electron chi connectivity index (χ3n) is 6.66.